The van der Waals surface area contributed by atoms with Gasteiger partial charge in [-0.25, -0.2) is 0 Å². The maximum absolute atomic E-state index is 11.8. The quantitative estimate of drug-likeness (QED) is 0.719. The van der Waals surface area contributed by atoms with Crippen LogP contribution in [-0.4, -0.2) is 29.3 Å². The normalized spacial score (nSPS) is 21.4. The summed E-state index contributed by atoms with van der Waals surface area (Å²) in [6.07, 6.45) is 1.81. The van der Waals surface area contributed by atoms with Gasteiger partial charge in [-0.2, -0.15) is 5.26 Å². The largest absolute Gasteiger partial charge is 0.298 e. The van der Waals surface area contributed by atoms with Gasteiger partial charge in [-0.3, -0.25) is 9.69 Å². The second kappa shape index (κ2) is 4.97. The molecule has 0 bridgehead atoms. The van der Waals surface area contributed by atoms with Gasteiger partial charge in [0.05, 0.1) is 6.07 Å². The molecule has 0 saturated carbocycles. The summed E-state index contributed by atoms with van der Waals surface area (Å²) in [7, 11) is 0. The minimum absolute atomic E-state index is 0.105. The number of piperidine rings is 1. The van der Waals surface area contributed by atoms with Crippen LogP contribution in [0.4, 0.5) is 0 Å². The molecule has 16 heavy (non-hydrogen) atoms. The number of nitrogens with zero attached hydrogens (tertiary/aromatic N) is 2. The van der Waals surface area contributed by atoms with Gasteiger partial charge in [-0.1, -0.05) is 0 Å². The zero-order chi connectivity index (χ0) is 12.3. The van der Waals surface area contributed by atoms with Gasteiger partial charge in [-0.15, -0.1) is 0 Å². The van der Waals surface area contributed by atoms with Crippen molar-refractivity contribution in [3.05, 3.63) is 0 Å². The van der Waals surface area contributed by atoms with Crippen LogP contribution < -0.4 is 0 Å². The lowest BCUT2D eigenvalue weighted by atomic mass is 9.85. The number of likely N-dealkylation sites (tertiary alicyclic amines) is 1. The van der Waals surface area contributed by atoms with Crippen molar-refractivity contribution < 1.29 is 4.79 Å². The molecule has 0 N–H and O–H groups in total. The number of hydrogen-bond acceptors (Lipinski definition) is 3. The first-order chi connectivity index (χ1) is 7.36. The van der Waals surface area contributed by atoms with E-state index in [1.54, 1.807) is 6.92 Å². The van der Waals surface area contributed by atoms with Crippen LogP contribution in [0.15, 0.2) is 0 Å². The number of Topliss-reactive ketones (excluding diaryl/α,β-unsaturated/α-hetero) is 1. The fraction of sp³-hybridized carbons (Fsp3) is 0.846. The molecule has 1 unspecified atom stereocenters. The maximum atomic E-state index is 11.8. The molecule has 1 aliphatic rings. The molecule has 1 fully saturated rings. The highest BCUT2D eigenvalue weighted by Crippen LogP contribution is 2.25. The van der Waals surface area contributed by atoms with Crippen LogP contribution in [0.1, 0.15) is 40.5 Å². The third kappa shape index (κ3) is 3.05. The molecule has 0 amide bonds. The van der Waals surface area contributed by atoms with Crippen LogP contribution in [0.25, 0.3) is 0 Å². The zero-order valence-corrected chi connectivity index (χ0v) is 10.8. The summed E-state index contributed by atoms with van der Waals surface area (Å²) >= 11 is 0. The van der Waals surface area contributed by atoms with Crippen LogP contribution in [0.3, 0.4) is 0 Å². The van der Waals surface area contributed by atoms with Crippen molar-refractivity contribution in [2.24, 2.45) is 11.8 Å². The Morgan fingerprint density at radius 3 is 2.25 bits per heavy atom. The Labute approximate surface area is 98.4 Å². The van der Waals surface area contributed by atoms with Crippen molar-refractivity contribution in [3.8, 4) is 6.07 Å². The summed E-state index contributed by atoms with van der Waals surface area (Å²) in [5.74, 6) is -0.199. The average Bonchev–Trinajstić information content (AvgIpc) is 2.26. The molecule has 0 aliphatic carbocycles. The van der Waals surface area contributed by atoms with E-state index in [9.17, 15) is 4.79 Å². The molecule has 1 saturated heterocycles. The molecule has 3 heteroatoms. The van der Waals surface area contributed by atoms with Crippen molar-refractivity contribution in [3.63, 3.8) is 0 Å². The topological polar surface area (TPSA) is 44.1 Å². The van der Waals surface area contributed by atoms with Gasteiger partial charge in [0.2, 0.25) is 0 Å². The van der Waals surface area contributed by atoms with Gasteiger partial charge < -0.3 is 0 Å². The number of ketones is 1. The summed E-state index contributed by atoms with van der Waals surface area (Å²) in [6, 6.07) is 2.04. The fourth-order valence-electron chi connectivity index (χ4n) is 2.25. The van der Waals surface area contributed by atoms with Gasteiger partial charge in [0.1, 0.15) is 5.92 Å². The van der Waals surface area contributed by atoms with Crippen LogP contribution in [0, 0.1) is 23.2 Å². The summed E-state index contributed by atoms with van der Waals surface area (Å²) in [4.78, 5) is 14.3. The van der Waals surface area contributed by atoms with Crippen LogP contribution in [0.5, 0.6) is 0 Å². The zero-order valence-electron chi connectivity index (χ0n) is 10.8. The van der Waals surface area contributed by atoms with E-state index in [1.165, 1.54) is 0 Å². The molecule has 0 aromatic rings. The highest BCUT2D eigenvalue weighted by atomic mass is 16.1. The Morgan fingerprint density at radius 1 is 1.38 bits per heavy atom. The molecule has 0 spiro atoms. The first-order valence-electron chi connectivity index (χ1n) is 6.04. The van der Waals surface area contributed by atoms with E-state index in [4.69, 9.17) is 5.26 Å². The van der Waals surface area contributed by atoms with Crippen LogP contribution >= 0.6 is 0 Å². The van der Waals surface area contributed by atoms with E-state index in [0.29, 0.717) is 0 Å². The second-order valence-corrected chi connectivity index (χ2v) is 5.69. The van der Waals surface area contributed by atoms with E-state index in [1.807, 2.05) is 6.07 Å². The molecule has 90 valence electrons. The molecule has 0 radical (unpaired) electrons. The van der Waals surface area contributed by atoms with Gasteiger partial charge in [0, 0.05) is 11.5 Å². The molecule has 1 heterocycles. The summed E-state index contributed by atoms with van der Waals surface area (Å²) in [5.41, 5.74) is 0.189. The Kier molecular flexibility index (Phi) is 4.09. The summed E-state index contributed by atoms with van der Waals surface area (Å²) in [6.45, 7) is 10.3. The smallest absolute Gasteiger partial charge is 0.152 e. The molecular weight excluding hydrogens is 200 g/mol. The van der Waals surface area contributed by atoms with Crippen molar-refractivity contribution in [2.75, 3.05) is 13.1 Å². The monoisotopic (exact) mass is 222 g/mol. The van der Waals surface area contributed by atoms with E-state index < -0.39 is 5.92 Å². The van der Waals surface area contributed by atoms with E-state index >= 15 is 0 Å². The molecule has 1 aliphatic heterocycles. The Morgan fingerprint density at radius 2 is 1.88 bits per heavy atom. The van der Waals surface area contributed by atoms with E-state index in [2.05, 4.69) is 25.7 Å². The first kappa shape index (κ1) is 13.2. The number of nitriles is 1. The van der Waals surface area contributed by atoms with Gasteiger partial charge in [0.15, 0.2) is 5.78 Å². The molecular formula is C13H22N2O. The minimum Gasteiger partial charge on any atom is -0.298 e. The molecule has 0 aromatic carbocycles. The van der Waals surface area contributed by atoms with Crippen molar-refractivity contribution in [2.45, 2.75) is 46.1 Å². The van der Waals surface area contributed by atoms with E-state index in [-0.39, 0.29) is 17.2 Å². The van der Waals surface area contributed by atoms with Gasteiger partial charge in [-0.05, 0) is 53.6 Å². The predicted octanol–water partition coefficient (Wildman–Crippen LogP) is 2.23. The van der Waals surface area contributed by atoms with Crippen molar-refractivity contribution in [1.82, 2.24) is 4.90 Å². The number of carbonyl (C=O) groups excluding carboxylic acids is 1. The lowest BCUT2D eigenvalue weighted by Gasteiger charge is -2.40. The minimum atomic E-state index is -0.439. The van der Waals surface area contributed by atoms with Crippen LogP contribution in [0.2, 0.25) is 0 Å². The third-order valence-electron chi connectivity index (χ3n) is 3.47. The molecule has 1 atom stereocenters. The second-order valence-electron chi connectivity index (χ2n) is 5.69. The lowest BCUT2D eigenvalue weighted by molar-refractivity contribution is -0.126. The Balaban J connectivity index is 2.50. The third-order valence-corrected chi connectivity index (χ3v) is 3.47. The SMILES string of the molecule is CC(C#N)C(=O)C1CCN(C(C)(C)C)CC1. The predicted molar refractivity (Wildman–Crippen MR) is 63.8 cm³/mol. The number of carbonyl (C=O) groups is 1. The standard InChI is InChI=1S/C13H22N2O/c1-10(9-14)12(16)11-5-7-15(8-6-11)13(2,3)4/h10-11H,5-8H2,1-4H3. The first-order valence-corrected chi connectivity index (χ1v) is 6.04. The summed E-state index contributed by atoms with van der Waals surface area (Å²) in [5, 5.41) is 8.74. The molecule has 1 rings (SSSR count). The summed E-state index contributed by atoms with van der Waals surface area (Å²) < 4.78 is 0. The van der Waals surface area contributed by atoms with Crippen molar-refractivity contribution >= 4 is 5.78 Å². The maximum Gasteiger partial charge on any atom is 0.152 e. The Hall–Kier alpha value is -0.880. The molecule has 3 nitrogen and oxygen atoms in total. The highest BCUT2D eigenvalue weighted by Gasteiger charge is 2.31. The number of hydrogen-bond donors (Lipinski definition) is 0. The Bertz CT molecular complexity index is 290. The van der Waals surface area contributed by atoms with Gasteiger partial charge >= 0.3 is 0 Å². The van der Waals surface area contributed by atoms with Gasteiger partial charge in [0.25, 0.3) is 0 Å². The fourth-order valence-corrected chi connectivity index (χ4v) is 2.25. The highest BCUT2D eigenvalue weighted by molar-refractivity contribution is 5.85. The van der Waals surface area contributed by atoms with E-state index in [0.717, 1.165) is 25.9 Å². The lowest BCUT2D eigenvalue weighted by Crippen LogP contribution is -2.47. The van der Waals surface area contributed by atoms with Crippen molar-refractivity contribution in [1.29, 1.82) is 5.26 Å². The number of rotatable bonds is 2. The molecule has 0 aromatic heterocycles. The average molecular weight is 222 g/mol. The van der Waals surface area contributed by atoms with Crippen LogP contribution in [-0.2, 0) is 4.79 Å².